The maximum atomic E-state index is 12.6. The minimum absolute atomic E-state index is 0.00426. The van der Waals surface area contributed by atoms with Crippen molar-refractivity contribution in [2.45, 2.75) is 26.5 Å². The minimum Gasteiger partial charge on any atom is -0.493 e. The Hall–Kier alpha value is -3.72. The molecule has 1 N–H and O–H groups in total. The van der Waals surface area contributed by atoms with Gasteiger partial charge in [0.1, 0.15) is 18.0 Å². The molecule has 35 heavy (non-hydrogen) atoms. The molecule has 186 valence electrons. The molecule has 0 aliphatic rings. The second-order valence-electron chi connectivity index (χ2n) is 8.11. The lowest BCUT2D eigenvalue weighted by Gasteiger charge is -2.22. The fourth-order valence-electron chi connectivity index (χ4n) is 3.27. The Balaban J connectivity index is 1.65. The number of carbonyl (C=O) groups is 1. The van der Waals surface area contributed by atoms with E-state index in [-0.39, 0.29) is 19.2 Å². The van der Waals surface area contributed by atoms with Gasteiger partial charge in [-0.1, -0.05) is 24.3 Å². The average Bonchev–Trinajstić information content (AvgIpc) is 2.82. The van der Waals surface area contributed by atoms with Gasteiger partial charge in [-0.25, -0.2) is 8.42 Å². The summed E-state index contributed by atoms with van der Waals surface area (Å²) < 4.78 is 42.7. The van der Waals surface area contributed by atoms with Gasteiger partial charge >= 0.3 is 0 Å². The first-order valence-electron chi connectivity index (χ1n) is 11.1. The lowest BCUT2D eigenvalue weighted by Crippen LogP contribution is -2.40. The molecule has 0 atom stereocenters. The van der Waals surface area contributed by atoms with Gasteiger partial charge in [0.25, 0.3) is 0 Å². The second kappa shape index (κ2) is 11.6. The van der Waals surface area contributed by atoms with Crippen molar-refractivity contribution in [2.24, 2.45) is 0 Å². The van der Waals surface area contributed by atoms with Crippen LogP contribution in [0.25, 0.3) is 0 Å². The largest absolute Gasteiger partial charge is 0.493 e. The number of hydrogen-bond acceptors (Lipinski definition) is 6. The third-order valence-electron chi connectivity index (χ3n) is 4.87. The lowest BCUT2D eigenvalue weighted by atomic mass is 10.2. The van der Waals surface area contributed by atoms with Crippen LogP contribution in [-0.2, 0) is 21.4 Å². The molecule has 3 aromatic carbocycles. The monoisotopic (exact) mass is 498 g/mol. The zero-order chi connectivity index (χ0) is 25.4. The molecule has 0 aliphatic heterocycles. The molecular formula is C26H30N2O6S. The van der Waals surface area contributed by atoms with Crippen LogP contribution in [0.1, 0.15) is 19.4 Å². The number of nitrogens with zero attached hydrogens (tertiary/aromatic N) is 1. The van der Waals surface area contributed by atoms with Crippen molar-refractivity contribution in [3.8, 4) is 23.0 Å². The molecule has 3 rings (SSSR count). The Bertz CT molecular complexity index is 1230. The number of rotatable bonds is 11. The van der Waals surface area contributed by atoms with Crippen LogP contribution >= 0.6 is 0 Å². The van der Waals surface area contributed by atoms with Gasteiger partial charge in [-0.2, -0.15) is 0 Å². The average molecular weight is 499 g/mol. The van der Waals surface area contributed by atoms with Crippen LogP contribution in [0, 0.1) is 0 Å². The molecular weight excluding hydrogens is 468 g/mol. The Labute approximate surface area is 206 Å². The summed E-state index contributed by atoms with van der Waals surface area (Å²) in [6, 6.07) is 21.1. The Morgan fingerprint density at radius 3 is 2.20 bits per heavy atom. The van der Waals surface area contributed by atoms with Crippen molar-refractivity contribution in [2.75, 3.05) is 24.2 Å². The highest BCUT2D eigenvalue weighted by Crippen LogP contribution is 2.29. The molecule has 8 nitrogen and oxygen atoms in total. The van der Waals surface area contributed by atoms with Crippen LogP contribution < -0.4 is 23.8 Å². The van der Waals surface area contributed by atoms with Crippen molar-refractivity contribution in [1.82, 2.24) is 5.32 Å². The predicted molar refractivity (Wildman–Crippen MR) is 136 cm³/mol. The zero-order valence-electron chi connectivity index (χ0n) is 20.2. The van der Waals surface area contributed by atoms with Crippen LogP contribution in [-0.4, -0.2) is 40.3 Å². The summed E-state index contributed by atoms with van der Waals surface area (Å²) in [4.78, 5) is 12.6. The van der Waals surface area contributed by atoms with E-state index in [0.29, 0.717) is 28.7 Å². The van der Waals surface area contributed by atoms with Crippen LogP contribution in [0.15, 0.2) is 72.8 Å². The Kier molecular flexibility index (Phi) is 8.59. The van der Waals surface area contributed by atoms with Gasteiger partial charge in [0.15, 0.2) is 11.5 Å². The highest BCUT2D eigenvalue weighted by atomic mass is 32.2. The van der Waals surface area contributed by atoms with Gasteiger partial charge < -0.3 is 19.5 Å². The van der Waals surface area contributed by atoms with Crippen molar-refractivity contribution < 1.29 is 27.4 Å². The molecule has 0 fully saturated rings. The smallest absolute Gasteiger partial charge is 0.241 e. The number of amides is 1. The fraction of sp³-hybridized carbons (Fsp3) is 0.269. The highest BCUT2D eigenvalue weighted by molar-refractivity contribution is 7.92. The number of hydrogen-bond donors (Lipinski definition) is 1. The summed E-state index contributed by atoms with van der Waals surface area (Å²) in [5, 5.41) is 2.76. The molecule has 0 saturated heterocycles. The Morgan fingerprint density at radius 1 is 0.943 bits per heavy atom. The van der Waals surface area contributed by atoms with Crippen molar-refractivity contribution >= 4 is 21.6 Å². The number of anilines is 1. The molecule has 0 aliphatic carbocycles. The van der Waals surface area contributed by atoms with Gasteiger partial charge in [0.05, 0.1) is 25.2 Å². The van der Waals surface area contributed by atoms with E-state index in [9.17, 15) is 13.2 Å². The quantitative estimate of drug-likeness (QED) is 0.422. The van der Waals surface area contributed by atoms with Gasteiger partial charge in [-0.3, -0.25) is 9.10 Å². The van der Waals surface area contributed by atoms with Crippen LogP contribution in [0.5, 0.6) is 23.0 Å². The van der Waals surface area contributed by atoms with E-state index in [0.717, 1.165) is 16.1 Å². The van der Waals surface area contributed by atoms with E-state index in [1.807, 2.05) is 50.2 Å². The summed E-state index contributed by atoms with van der Waals surface area (Å²) in [7, 11) is -2.15. The summed E-state index contributed by atoms with van der Waals surface area (Å²) in [5.41, 5.74) is 1.15. The first-order chi connectivity index (χ1) is 16.7. The summed E-state index contributed by atoms with van der Waals surface area (Å²) in [5.74, 6) is 1.94. The fourth-order valence-corrected chi connectivity index (χ4v) is 4.12. The molecule has 0 aromatic heterocycles. The molecule has 0 saturated carbocycles. The molecule has 0 radical (unpaired) electrons. The van der Waals surface area contributed by atoms with E-state index < -0.39 is 15.9 Å². The third-order valence-corrected chi connectivity index (χ3v) is 6.01. The summed E-state index contributed by atoms with van der Waals surface area (Å²) in [6.07, 6.45) is 1.06. The molecule has 0 unspecified atom stereocenters. The van der Waals surface area contributed by atoms with Crippen LogP contribution in [0.3, 0.4) is 0 Å². The maximum Gasteiger partial charge on any atom is 0.241 e. The Morgan fingerprint density at radius 2 is 1.60 bits per heavy atom. The third kappa shape index (κ3) is 7.65. The van der Waals surface area contributed by atoms with Gasteiger partial charge in [-0.05, 0) is 67.9 Å². The van der Waals surface area contributed by atoms with Crippen LogP contribution in [0.2, 0.25) is 0 Å². The number of sulfonamides is 1. The minimum atomic E-state index is -3.70. The molecule has 0 heterocycles. The topological polar surface area (TPSA) is 94.2 Å². The molecule has 1 amide bonds. The molecule has 0 bridgehead atoms. The van der Waals surface area contributed by atoms with Crippen molar-refractivity contribution in [3.05, 3.63) is 78.4 Å². The van der Waals surface area contributed by atoms with E-state index in [1.165, 1.54) is 0 Å². The number of methoxy groups -OCH3 is 1. The van der Waals surface area contributed by atoms with Crippen molar-refractivity contribution in [1.29, 1.82) is 0 Å². The first kappa shape index (κ1) is 25.9. The van der Waals surface area contributed by atoms with Gasteiger partial charge in [0, 0.05) is 6.54 Å². The maximum absolute atomic E-state index is 12.6. The van der Waals surface area contributed by atoms with E-state index in [2.05, 4.69) is 5.32 Å². The summed E-state index contributed by atoms with van der Waals surface area (Å²) in [6.45, 7) is 3.69. The molecule has 0 spiro atoms. The second-order valence-corrected chi connectivity index (χ2v) is 10.0. The number of carbonyl (C=O) groups excluding carboxylic acids is 1. The van der Waals surface area contributed by atoms with Gasteiger partial charge in [0.2, 0.25) is 15.9 Å². The van der Waals surface area contributed by atoms with E-state index in [1.54, 1.807) is 43.5 Å². The highest BCUT2D eigenvalue weighted by Gasteiger charge is 2.21. The number of benzene rings is 3. The van der Waals surface area contributed by atoms with E-state index in [4.69, 9.17) is 14.2 Å². The lowest BCUT2D eigenvalue weighted by molar-refractivity contribution is -0.119. The van der Waals surface area contributed by atoms with Crippen LogP contribution in [0.4, 0.5) is 5.69 Å². The number of para-hydroxylation sites is 1. The first-order valence-corrected chi connectivity index (χ1v) is 12.9. The SMILES string of the molecule is COc1cc(CNC(=O)CN(c2ccc(Oc3ccccc3)cc2)S(C)(=O)=O)ccc1OC(C)C. The zero-order valence-corrected chi connectivity index (χ0v) is 21.0. The normalized spacial score (nSPS) is 11.1. The predicted octanol–water partition coefficient (Wildman–Crippen LogP) is 4.36. The number of ether oxygens (including phenoxy) is 3. The van der Waals surface area contributed by atoms with Gasteiger partial charge in [-0.15, -0.1) is 0 Å². The standard InChI is InChI=1S/C26H30N2O6S/c1-19(2)33-24-15-10-20(16-25(24)32-3)17-27-26(29)18-28(35(4,30)31)21-11-13-23(14-12-21)34-22-8-6-5-7-9-22/h5-16,19H,17-18H2,1-4H3,(H,27,29). The number of nitrogens with one attached hydrogen (secondary N) is 1. The molecule has 9 heteroatoms. The molecule has 3 aromatic rings. The summed E-state index contributed by atoms with van der Waals surface area (Å²) >= 11 is 0. The van der Waals surface area contributed by atoms with E-state index >= 15 is 0 Å². The van der Waals surface area contributed by atoms with Crippen molar-refractivity contribution in [3.63, 3.8) is 0 Å².